The number of hydrogen-bond acceptors (Lipinski definition) is 3. The molecule has 0 spiro atoms. The Morgan fingerprint density at radius 3 is 2.56 bits per heavy atom. The molecule has 4 nitrogen and oxygen atoms in total. The molecule has 16 heavy (non-hydrogen) atoms. The number of benzene rings is 1. The minimum absolute atomic E-state index is 0.0901. The minimum Gasteiger partial charge on any atom is -0.508 e. The maximum Gasteiger partial charge on any atom is 0.243 e. The Morgan fingerprint density at radius 1 is 1.44 bits per heavy atom. The molecule has 1 atom stereocenters. The average Bonchev–Trinajstić information content (AvgIpc) is 2.26. The van der Waals surface area contributed by atoms with Crippen LogP contribution in [0.2, 0.25) is 0 Å². The van der Waals surface area contributed by atoms with Gasteiger partial charge in [0.1, 0.15) is 5.75 Å². The molecule has 0 aliphatic heterocycles. The van der Waals surface area contributed by atoms with Gasteiger partial charge < -0.3 is 15.7 Å². The van der Waals surface area contributed by atoms with Crippen molar-refractivity contribution in [1.82, 2.24) is 0 Å². The number of hydrogen-bond donors (Lipinski definition) is 2. The molecule has 0 saturated heterocycles. The first-order valence-electron chi connectivity index (χ1n) is 5.25. The van der Waals surface area contributed by atoms with Crippen LogP contribution in [-0.4, -0.2) is 24.1 Å². The summed E-state index contributed by atoms with van der Waals surface area (Å²) in [6.45, 7) is 3.80. The summed E-state index contributed by atoms with van der Waals surface area (Å²) in [5.41, 5.74) is 6.42. The van der Waals surface area contributed by atoms with E-state index in [2.05, 4.69) is 0 Å². The average molecular weight is 222 g/mol. The Hall–Kier alpha value is -1.55. The number of amides is 1. The highest BCUT2D eigenvalue weighted by Gasteiger charge is 2.21. The molecule has 3 N–H and O–H groups in total. The molecule has 0 radical (unpaired) electrons. The summed E-state index contributed by atoms with van der Waals surface area (Å²) in [6.07, 6.45) is 0. The molecule has 0 saturated carbocycles. The molecule has 1 aromatic carbocycles. The van der Waals surface area contributed by atoms with Crippen LogP contribution in [0.1, 0.15) is 13.8 Å². The van der Waals surface area contributed by atoms with Gasteiger partial charge in [-0.25, -0.2) is 0 Å². The molecule has 0 heterocycles. The van der Waals surface area contributed by atoms with Crippen molar-refractivity contribution in [2.75, 3.05) is 11.9 Å². The Balaban J connectivity index is 2.86. The molecular formula is C12H18N2O2. The summed E-state index contributed by atoms with van der Waals surface area (Å²) in [6, 6.07) is 6.02. The monoisotopic (exact) mass is 222 g/mol. The Bertz CT molecular complexity index is 377. The second-order valence-electron chi connectivity index (χ2n) is 4.19. The molecule has 0 aliphatic rings. The number of anilines is 1. The number of nitrogens with two attached hydrogens (primary N) is 1. The summed E-state index contributed by atoms with van der Waals surface area (Å²) < 4.78 is 0. The third kappa shape index (κ3) is 2.73. The maximum absolute atomic E-state index is 11.9. The van der Waals surface area contributed by atoms with Crippen molar-refractivity contribution >= 4 is 11.6 Å². The van der Waals surface area contributed by atoms with Crippen molar-refractivity contribution in [1.29, 1.82) is 0 Å². The van der Waals surface area contributed by atoms with Gasteiger partial charge in [0, 0.05) is 18.8 Å². The Labute approximate surface area is 95.7 Å². The number of phenolic OH excluding ortho intramolecular Hbond substituents is 1. The van der Waals surface area contributed by atoms with E-state index in [1.165, 1.54) is 11.0 Å². The Morgan fingerprint density at radius 2 is 2.06 bits per heavy atom. The number of rotatable bonds is 3. The van der Waals surface area contributed by atoms with E-state index in [4.69, 9.17) is 5.73 Å². The van der Waals surface area contributed by atoms with Crippen molar-refractivity contribution in [3.63, 3.8) is 0 Å². The standard InChI is InChI=1S/C12H18N2O2/c1-8(2)11(13)12(16)14(3)9-5-4-6-10(15)7-9/h4-8,11,15H,13H2,1-3H3/t11-/m0/s1. The van der Waals surface area contributed by atoms with Gasteiger partial charge in [-0.15, -0.1) is 0 Å². The molecular weight excluding hydrogens is 204 g/mol. The van der Waals surface area contributed by atoms with Crippen LogP contribution >= 0.6 is 0 Å². The Kier molecular flexibility index (Phi) is 3.90. The number of likely N-dealkylation sites (N-methyl/N-ethyl adjacent to an activating group) is 1. The zero-order valence-electron chi connectivity index (χ0n) is 9.84. The molecule has 0 aliphatic carbocycles. The van der Waals surface area contributed by atoms with E-state index in [9.17, 15) is 9.90 Å². The fourth-order valence-electron chi connectivity index (χ4n) is 1.34. The second kappa shape index (κ2) is 4.99. The third-order valence-corrected chi connectivity index (χ3v) is 2.55. The lowest BCUT2D eigenvalue weighted by Gasteiger charge is -2.23. The SMILES string of the molecule is CC(C)[C@H](N)C(=O)N(C)c1cccc(O)c1. The summed E-state index contributed by atoms with van der Waals surface area (Å²) in [5, 5.41) is 9.32. The van der Waals surface area contributed by atoms with Crippen molar-refractivity contribution in [3.05, 3.63) is 24.3 Å². The number of nitrogens with zero attached hydrogens (tertiary/aromatic N) is 1. The quantitative estimate of drug-likeness (QED) is 0.811. The lowest BCUT2D eigenvalue weighted by molar-refractivity contribution is -0.120. The van der Waals surface area contributed by atoms with E-state index in [1.54, 1.807) is 25.2 Å². The van der Waals surface area contributed by atoms with E-state index in [0.717, 1.165) is 0 Å². The van der Waals surface area contributed by atoms with Crippen molar-refractivity contribution < 1.29 is 9.90 Å². The van der Waals surface area contributed by atoms with Gasteiger partial charge in [0.05, 0.1) is 6.04 Å². The van der Waals surface area contributed by atoms with Gasteiger partial charge in [0.25, 0.3) is 0 Å². The van der Waals surface area contributed by atoms with Crippen LogP contribution in [0.4, 0.5) is 5.69 Å². The summed E-state index contributed by atoms with van der Waals surface area (Å²) in [7, 11) is 1.65. The van der Waals surface area contributed by atoms with E-state index < -0.39 is 6.04 Å². The van der Waals surface area contributed by atoms with Crippen LogP contribution in [0.15, 0.2) is 24.3 Å². The molecule has 0 aromatic heterocycles. The van der Waals surface area contributed by atoms with Gasteiger partial charge in [0.2, 0.25) is 5.91 Å². The summed E-state index contributed by atoms with van der Waals surface area (Å²) in [5.74, 6) is 0.0723. The first-order chi connectivity index (χ1) is 7.43. The van der Waals surface area contributed by atoms with Crippen LogP contribution in [0, 0.1) is 5.92 Å². The summed E-state index contributed by atoms with van der Waals surface area (Å²) >= 11 is 0. The lowest BCUT2D eigenvalue weighted by atomic mass is 10.0. The van der Waals surface area contributed by atoms with Crippen molar-refractivity contribution in [2.24, 2.45) is 11.7 Å². The third-order valence-electron chi connectivity index (χ3n) is 2.55. The van der Waals surface area contributed by atoms with Crippen molar-refractivity contribution in [2.45, 2.75) is 19.9 Å². The largest absolute Gasteiger partial charge is 0.508 e. The predicted octanol–water partition coefficient (Wildman–Crippen LogP) is 1.34. The smallest absolute Gasteiger partial charge is 0.243 e. The van der Waals surface area contributed by atoms with Gasteiger partial charge in [0.15, 0.2) is 0 Å². The van der Waals surface area contributed by atoms with Crippen LogP contribution in [-0.2, 0) is 4.79 Å². The van der Waals surface area contributed by atoms with Crippen molar-refractivity contribution in [3.8, 4) is 5.75 Å². The molecule has 1 aromatic rings. The zero-order chi connectivity index (χ0) is 12.3. The van der Waals surface area contributed by atoms with Crippen LogP contribution in [0.5, 0.6) is 5.75 Å². The van der Waals surface area contributed by atoms with Crippen LogP contribution in [0.3, 0.4) is 0 Å². The second-order valence-corrected chi connectivity index (χ2v) is 4.19. The fourth-order valence-corrected chi connectivity index (χ4v) is 1.34. The first kappa shape index (κ1) is 12.5. The first-order valence-corrected chi connectivity index (χ1v) is 5.25. The fraction of sp³-hybridized carbons (Fsp3) is 0.417. The number of aromatic hydroxyl groups is 1. The van der Waals surface area contributed by atoms with Crippen LogP contribution in [0.25, 0.3) is 0 Å². The van der Waals surface area contributed by atoms with Gasteiger partial charge in [-0.05, 0) is 18.1 Å². The summed E-state index contributed by atoms with van der Waals surface area (Å²) in [4.78, 5) is 13.4. The molecule has 0 unspecified atom stereocenters. The number of carbonyl (C=O) groups excluding carboxylic acids is 1. The van der Waals surface area contributed by atoms with Gasteiger partial charge >= 0.3 is 0 Å². The lowest BCUT2D eigenvalue weighted by Crippen LogP contribution is -2.45. The molecule has 0 bridgehead atoms. The molecule has 0 fully saturated rings. The highest BCUT2D eigenvalue weighted by atomic mass is 16.3. The normalized spacial score (nSPS) is 12.6. The molecule has 88 valence electrons. The predicted molar refractivity (Wildman–Crippen MR) is 64.3 cm³/mol. The zero-order valence-corrected chi connectivity index (χ0v) is 9.84. The molecule has 1 rings (SSSR count). The van der Waals surface area contributed by atoms with Gasteiger partial charge in [-0.3, -0.25) is 4.79 Å². The topological polar surface area (TPSA) is 66.6 Å². The van der Waals surface area contributed by atoms with E-state index in [-0.39, 0.29) is 17.6 Å². The van der Waals surface area contributed by atoms with E-state index >= 15 is 0 Å². The molecule has 1 amide bonds. The highest BCUT2D eigenvalue weighted by molar-refractivity contribution is 5.96. The van der Waals surface area contributed by atoms with E-state index in [0.29, 0.717) is 5.69 Å². The van der Waals surface area contributed by atoms with Gasteiger partial charge in [-0.1, -0.05) is 19.9 Å². The van der Waals surface area contributed by atoms with E-state index in [1.807, 2.05) is 13.8 Å². The van der Waals surface area contributed by atoms with Gasteiger partial charge in [-0.2, -0.15) is 0 Å². The number of carbonyl (C=O) groups is 1. The maximum atomic E-state index is 11.9. The van der Waals surface area contributed by atoms with Crippen LogP contribution < -0.4 is 10.6 Å². The minimum atomic E-state index is -0.521. The molecule has 4 heteroatoms. The number of phenols is 1. The highest BCUT2D eigenvalue weighted by Crippen LogP contribution is 2.19.